The maximum Gasteiger partial charge on any atom is 0.186 e. The van der Waals surface area contributed by atoms with E-state index in [0.717, 1.165) is 0 Å². The van der Waals surface area contributed by atoms with E-state index >= 15 is 0 Å². The van der Waals surface area contributed by atoms with Gasteiger partial charge in [-0.15, -0.1) is 0 Å². The van der Waals surface area contributed by atoms with Crippen LogP contribution in [0, 0.1) is 5.92 Å². The van der Waals surface area contributed by atoms with Gasteiger partial charge in [0.25, 0.3) is 0 Å². The van der Waals surface area contributed by atoms with E-state index < -0.39 is 74.3 Å². The lowest BCUT2D eigenvalue weighted by Crippen LogP contribution is -2.61. The van der Waals surface area contributed by atoms with E-state index in [1.54, 1.807) is 0 Å². The lowest BCUT2D eigenvalue weighted by molar-refractivity contribution is -0.293. The van der Waals surface area contributed by atoms with E-state index in [9.17, 15) is 35.7 Å². The number of hydrogen-bond acceptors (Lipinski definition) is 10. The lowest BCUT2D eigenvalue weighted by atomic mass is 9.81. The first-order valence-electron chi connectivity index (χ1n) is 7.81. The molecule has 2 saturated heterocycles. The number of aliphatic hydroxyl groups excluding tert-OH is 7. The Bertz CT molecular complexity index is 392. The Morgan fingerprint density at radius 3 is 1.83 bits per heavy atom. The highest BCUT2D eigenvalue weighted by atomic mass is 16.7. The molecule has 7 N–H and O–H groups in total. The third-order valence-electron chi connectivity index (χ3n) is 4.76. The summed E-state index contributed by atoms with van der Waals surface area (Å²) in [7, 11) is 1.28. The van der Waals surface area contributed by atoms with Crippen molar-refractivity contribution in [2.75, 3.05) is 20.3 Å². The molecule has 0 radical (unpaired) electrons. The molecule has 2 aliphatic rings. The van der Waals surface area contributed by atoms with Gasteiger partial charge in [-0.1, -0.05) is 0 Å². The van der Waals surface area contributed by atoms with Crippen LogP contribution in [-0.2, 0) is 14.2 Å². The molecule has 10 nitrogen and oxygen atoms in total. The molecule has 0 spiro atoms. The van der Waals surface area contributed by atoms with Gasteiger partial charge in [0.1, 0.15) is 30.5 Å². The predicted molar refractivity (Wildman–Crippen MR) is 76.6 cm³/mol. The third-order valence-corrected chi connectivity index (χ3v) is 4.76. The van der Waals surface area contributed by atoms with E-state index in [2.05, 4.69) is 0 Å². The molecule has 0 aromatic carbocycles. The molecule has 0 amide bonds. The zero-order chi connectivity index (χ0) is 18.0. The van der Waals surface area contributed by atoms with Crippen molar-refractivity contribution in [1.29, 1.82) is 0 Å². The van der Waals surface area contributed by atoms with Crippen molar-refractivity contribution in [3.63, 3.8) is 0 Å². The first kappa shape index (κ1) is 19.9. The zero-order valence-electron chi connectivity index (χ0n) is 13.3. The van der Waals surface area contributed by atoms with Gasteiger partial charge in [0.15, 0.2) is 6.29 Å². The first-order valence-corrected chi connectivity index (χ1v) is 7.81. The number of hydrogen-bond donors (Lipinski definition) is 7. The van der Waals surface area contributed by atoms with Crippen LogP contribution >= 0.6 is 0 Å². The Balaban J connectivity index is 2.12. The second-order valence-electron chi connectivity index (χ2n) is 6.21. The Kier molecular flexibility index (Phi) is 6.90. The smallest absolute Gasteiger partial charge is 0.186 e. The minimum Gasteiger partial charge on any atom is -0.394 e. The average molecular weight is 354 g/mol. The molecule has 0 unspecified atom stereocenters. The molecule has 0 bridgehead atoms. The fourth-order valence-corrected chi connectivity index (χ4v) is 3.29. The van der Waals surface area contributed by atoms with Crippen LogP contribution < -0.4 is 0 Å². The van der Waals surface area contributed by atoms with Gasteiger partial charge in [0, 0.05) is 13.0 Å². The molecular weight excluding hydrogens is 328 g/mol. The van der Waals surface area contributed by atoms with Crippen molar-refractivity contribution < 1.29 is 50.0 Å². The average Bonchev–Trinajstić information content (AvgIpc) is 2.59. The highest BCUT2D eigenvalue weighted by Gasteiger charge is 2.49. The quantitative estimate of drug-likeness (QED) is 0.258. The molecule has 24 heavy (non-hydrogen) atoms. The van der Waals surface area contributed by atoms with E-state index in [1.165, 1.54) is 7.11 Å². The van der Waals surface area contributed by atoms with Gasteiger partial charge >= 0.3 is 0 Å². The van der Waals surface area contributed by atoms with Crippen LogP contribution in [0.15, 0.2) is 0 Å². The van der Waals surface area contributed by atoms with Crippen LogP contribution in [0.4, 0.5) is 0 Å². The van der Waals surface area contributed by atoms with Crippen molar-refractivity contribution >= 4 is 0 Å². The summed E-state index contributed by atoms with van der Waals surface area (Å²) in [4.78, 5) is 0. The summed E-state index contributed by atoms with van der Waals surface area (Å²) in [5.74, 6) is -0.821. The Hall–Kier alpha value is -0.400. The van der Waals surface area contributed by atoms with E-state index in [-0.39, 0.29) is 6.42 Å². The monoisotopic (exact) mass is 354 g/mol. The van der Waals surface area contributed by atoms with Crippen molar-refractivity contribution in [2.45, 2.75) is 61.5 Å². The molecule has 142 valence electrons. The van der Waals surface area contributed by atoms with Crippen LogP contribution in [0.25, 0.3) is 0 Å². The number of rotatable bonds is 5. The van der Waals surface area contributed by atoms with Crippen LogP contribution in [0.1, 0.15) is 6.42 Å². The maximum atomic E-state index is 10.3. The zero-order valence-corrected chi connectivity index (χ0v) is 13.3. The second kappa shape index (κ2) is 8.32. The summed E-state index contributed by atoms with van der Waals surface area (Å²) in [6.07, 6.45) is -11.4. The summed E-state index contributed by atoms with van der Waals surface area (Å²) < 4.78 is 15.7. The Morgan fingerprint density at radius 2 is 1.29 bits per heavy atom. The van der Waals surface area contributed by atoms with Gasteiger partial charge < -0.3 is 50.0 Å². The Labute approximate surface area is 138 Å². The molecule has 2 heterocycles. The van der Waals surface area contributed by atoms with E-state index in [1.807, 2.05) is 0 Å². The first-order chi connectivity index (χ1) is 11.3. The number of methoxy groups -OCH3 is 1. The largest absolute Gasteiger partial charge is 0.394 e. The molecule has 0 aromatic heterocycles. The minimum atomic E-state index is -1.54. The molecular formula is C14H26O10. The predicted octanol–water partition coefficient (Wildman–Crippen LogP) is -4.08. The third kappa shape index (κ3) is 3.73. The van der Waals surface area contributed by atoms with Gasteiger partial charge in [-0.25, -0.2) is 0 Å². The normalized spacial score (nSPS) is 50.0. The summed E-state index contributed by atoms with van der Waals surface area (Å²) in [6, 6.07) is 0. The van der Waals surface area contributed by atoms with Crippen molar-refractivity contribution in [2.24, 2.45) is 5.92 Å². The van der Waals surface area contributed by atoms with Crippen molar-refractivity contribution in [3.05, 3.63) is 0 Å². The molecule has 10 heteroatoms. The topological polar surface area (TPSA) is 169 Å². The summed E-state index contributed by atoms with van der Waals surface area (Å²) in [5.41, 5.74) is 0. The lowest BCUT2D eigenvalue weighted by Gasteiger charge is -2.45. The molecule has 0 saturated carbocycles. The van der Waals surface area contributed by atoms with Crippen LogP contribution in [0.3, 0.4) is 0 Å². The number of aliphatic hydroxyl groups is 7. The van der Waals surface area contributed by atoms with Crippen molar-refractivity contribution in [3.8, 4) is 0 Å². The van der Waals surface area contributed by atoms with Crippen LogP contribution in [0.5, 0.6) is 0 Å². The van der Waals surface area contributed by atoms with Gasteiger partial charge in [0.05, 0.1) is 31.5 Å². The maximum absolute atomic E-state index is 10.3. The molecule has 2 aliphatic heterocycles. The fraction of sp³-hybridized carbons (Fsp3) is 1.00. The van der Waals surface area contributed by atoms with Gasteiger partial charge in [0.2, 0.25) is 0 Å². The highest BCUT2D eigenvalue weighted by molar-refractivity contribution is 4.96. The molecule has 0 aliphatic carbocycles. The molecule has 2 rings (SSSR count). The van der Waals surface area contributed by atoms with Gasteiger partial charge in [-0.05, 0) is 6.42 Å². The standard InChI is InChI=1S/C14H26O10/c1-22-14-13(21)9(17)5(7(3-15)24-14)2-6-10(18)12(20)11(19)8(4-16)23-6/h5-21H,2-4H2,1H3/t5-,6+,7-,8-,9+,10-,11-,12-,13-,14+/m1/s1. The number of ether oxygens (including phenoxy) is 3. The van der Waals surface area contributed by atoms with Gasteiger partial charge in [-0.3, -0.25) is 0 Å². The second-order valence-corrected chi connectivity index (χ2v) is 6.21. The minimum absolute atomic E-state index is 0.0820. The van der Waals surface area contributed by atoms with E-state index in [0.29, 0.717) is 0 Å². The van der Waals surface area contributed by atoms with Crippen molar-refractivity contribution in [1.82, 2.24) is 0 Å². The van der Waals surface area contributed by atoms with Gasteiger partial charge in [-0.2, -0.15) is 0 Å². The molecule has 10 atom stereocenters. The van der Waals surface area contributed by atoms with Crippen LogP contribution in [0.2, 0.25) is 0 Å². The van der Waals surface area contributed by atoms with Crippen LogP contribution in [-0.4, -0.2) is 111 Å². The summed E-state index contributed by atoms with van der Waals surface area (Å²) in [6.45, 7) is -1.03. The summed E-state index contributed by atoms with van der Waals surface area (Å²) >= 11 is 0. The molecule has 2 fully saturated rings. The fourth-order valence-electron chi connectivity index (χ4n) is 3.29. The summed E-state index contributed by atoms with van der Waals surface area (Å²) in [5, 5.41) is 68.6. The van der Waals surface area contributed by atoms with E-state index in [4.69, 9.17) is 14.2 Å². The Morgan fingerprint density at radius 1 is 0.708 bits per heavy atom. The highest BCUT2D eigenvalue weighted by Crippen LogP contribution is 2.33. The SMILES string of the molecule is CO[C@H]1O[C@H](CO)[C@@H](C[C@@H]2O[C@H](CO)[C@@H](O)[C@H](O)[C@@H]2O)[C@H](O)[C@H]1O. The molecule has 0 aromatic rings.